The Morgan fingerprint density at radius 2 is 2.10 bits per heavy atom. The average molecular weight is 289 g/mol. The Bertz CT molecular complexity index is 761. The van der Waals surface area contributed by atoms with Gasteiger partial charge < -0.3 is 15.0 Å². The van der Waals surface area contributed by atoms with Gasteiger partial charge in [0.05, 0.1) is 17.0 Å². The second-order valence-corrected chi connectivity index (χ2v) is 5.20. The topological polar surface area (TPSA) is 95.4 Å². The molecule has 1 atom stereocenters. The fourth-order valence-electron chi connectivity index (χ4n) is 2.69. The summed E-state index contributed by atoms with van der Waals surface area (Å²) in [4.78, 5) is 39.3. The lowest BCUT2D eigenvalue weighted by molar-refractivity contribution is -0.141. The molecule has 1 aliphatic heterocycles. The first-order chi connectivity index (χ1) is 10.1. The summed E-state index contributed by atoms with van der Waals surface area (Å²) in [5.41, 5.74) is 1.02. The maximum atomic E-state index is 12.2. The third-order valence-corrected chi connectivity index (χ3v) is 3.87. The van der Waals surface area contributed by atoms with Crippen molar-refractivity contribution >= 4 is 22.9 Å². The zero-order chi connectivity index (χ0) is 15.0. The lowest BCUT2D eigenvalue weighted by Crippen LogP contribution is -2.35. The molecular weight excluding hydrogens is 274 g/mol. The van der Waals surface area contributed by atoms with Gasteiger partial charge in [-0.3, -0.25) is 14.2 Å². The zero-order valence-corrected chi connectivity index (χ0v) is 11.3. The lowest BCUT2D eigenvalue weighted by atomic mass is 10.1. The number of aliphatic carboxylic acids is 1. The normalized spacial score (nSPS) is 18.3. The van der Waals surface area contributed by atoms with Crippen molar-refractivity contribution < 1.29 is 14.7 Å². The Morgan fingerprint density at radius 3 is 2.81 bits per heavy atom. The van der Waals surface area contributed by atoms with Crippen molar-refractivity contribution in [3.63, 3.8) is 0 Å². The molecular formula is C14H15N3O4. The van der Waals surface area contributed by atoms with E-state index in [1.54, 1.807) is 18.2 Å². The first-order valence-electron chi connectivity index (χ1n) is 6.74. The molecule has 0 aliphatic carbocycles. The Balaban J connectivity index is 1.80. The number of nitrogens with one attached hydrogen (secondary N) is 1. The van der Waals surface area contributed by atoms with E-state index in [9.17, 15) is 14.4 Å². The standard InChI is InChI=1S/C14H15N3O4/c18-12(16-6-5-9(7-16)13(19)20)8-17-11-4-2-1-3-10(11)15-14(17)21/h1-4,9H,5-8H2,(H,15,21)(H,19,20)/t9-/m1/s1. The number of carbonyl (C=O) groups excluding carboxylic acids is 1. The smallest absolute Gasteiger partial charge is 0.326 e. The van der Waals surface area contributed by atoms with Gasteiger partial charge in [0.2, 0.25) is 5.91 Å². The van der Waals surface area contributed by atoms with E-state index in [4.69, 9.17) is 5.11 Å². The van der Waals surface area contributed by atoms with Crippen LogP contribution in [-0.4, -0.2) is 44.5 Å². The second-order valence-electron chi connectivity index (χ2n) is 5.20. The highest BCUT2D eigenvalue weighted by Crippen LogP contribution is 2.17. The van der Waals surface area contributed by atoms with E-state index in [1.165, 1.54) is 9.47 Å². The number of aromatic amines is 1. The van der Waals surface area contributed by atoms with Gasteiger partial charge in [-0.25, -0.2) is 4.79 Å². The second kappa shape index (κ2) is 5.08. The minimum absolute atomic E-state index is 0.0742. The highest BCUT2D eigenvalue weighted by atomic mass is 16.4. The van der Waals surface area contributed by atoms with Crippen molar-refractivity contribution in [3.05, 3.63) is 34.7 Å². The van der Waals surface area contributed by atoms with Crippen molar-refractivity contribution in [2.24, 2.45) is 5.92 Å². The van der Waals surface area contributed by atoms with E-state index >= 15 is 0 Å². The van der Waals surface area contributed by atoms with Crippen LogP contribution in [0.3, 0.4) is 0 Å². The number of carbonyl (C=O) groups is 2. The van der Waals surface area contributed by atoms with Crippen molar-refractivity contribution in [3.8, 4) is 0 Å². The Morgan fingerprint density at radius 1 is 1.33 bits per heavy atom. The van der Waals surface area contributed by atoms with Crippen molar-refractivity contribution in [2.45, 2.75) is 13.0 Å². The van der Waals surface area contributed by atoms with Crippen molar-refractivity contribution in [1.29, 1.82) is 0 Å². The van der Waals surface area contributed by atoms with Crippen LogP contribution < -0.4 is 5.69 Å². The van der Waals surface area contributed by atoms with E-state index in [0.717, 1.165) is 0 Å². The number of hydrogen-bond donors (Lipinski definition) is 2. The monoisotopic (exact) mass is 289 g/mol. The number of H-pyrrole nitrogens is 1. The van der Waals surface area contributed by atoms with Gasteiger partial charge in [-0.1, -0.05) is 12.1 Å². The SMILES string of the molecule is O=C(O)[C@@H]1CCN(C(=O)Cn2c(=O)[nH]c3ccccc32)C1. The minimum atomic E-state index is -0.880. The summed E-state index contributed by atoms with van der Waals surface area (Å²) in [6.45, 7) is 0.563. The Labute approximate surface area is 119 Å². The van der Waals surface area contributed by atoms with Crippen LogP contribution in [0.1, 0.15) is 6.42 Å². The van der Waals surface area contributed by atoms with Crippen LogP contribution in [0.2, 0.25) is 0 Å². The van der Waals surface area contributed by atoms with E-state index in [-0.39, 0.29) is 24.7 Å². The van der Waals surface area contributed by atoms with Crippen LogP contribution in [0.15, 0.2) is 29.1 Å². The summed E-state index contributed by atoms with van der Waals surface area (Å²) in [5, 5.41) is 8.96. The number of fused-ring (bicyclic) bond motifs is 1. The number of aromatic nitrogens is 2. The predicted molar refractivity (Wildman–Crippen MR) is 74.9 cm³/mol. The molecule has 2 N–H and O–H groups in total. The molecule has 1 aromatic carbocycles. The summed E-state index contributed by atoms with van der Waals surface area (Å²) in [5.74, 6) is -1.62. The lowest BCUT2D eigenvalue weighted by Gasteiger charge is -2.16. The molecule has 1 saturated heterocycles. The third-order valence-electron chi connectivity index (χ3n) is 3.87. The summed E-state index contributed by atoms with van der Waals surface area (Å²) < 4.78 is 1.38. The Hall–Kier alpha value is -2.57. The zero-order valence-electron chi connectivity index (χ0n) is 11.3. The van der Waals surface area contributed by atoms with Crippen molar-refractivity contribution in [2.75, 3.05) is 13.1 Å². The van der Waals surface area contributed by atoms with E-state index in [1.807, 2.05) is 6.07 Å². The van der Waals surface area contributed by atoms with Crippen molar-refractivity contribution in [1.82, 2.24) is 14.5 Å². The molecule has 0 radical (unpaired) electrons. The number of hydrogen-bond acceptors (Lipinski definition) is 3. The summed E-state index contributed by atoms with van der Waals surface area (Å²) in [6.07, 6.45) is 0.462. The fraction of sp³-hybridized carbons (Fsp3) is 0.357. The molecule has 21 heavy (non-hydrogen) atoms. The van der Waals surface area contributed by atoms with Gasteiger partial charge in [-0.15, -0.1) is 0 Å². The summed E-state index contributed by atoms with van der Waals surface area (Å²) in [7, 11) is 0. The molecule has 2 aromatic rings. The number of likely N-dealkylation sites (tertiary alicyclic amines) is 1. The molecule has 1 fully saturated rings. The first kappa shape index (κ1) is 13.4. The van der Waals surface area contributed by atoms with Crippen LogP contribution in [-0.2, 0) is 16.1 Å². The molecule has 2 heterocycles. The quantitative estimate of drug-likeness (QED) is 0.847. The number of rotatable bonds is 3. The van der Waals surface area contributed by atoms with Gasteiger partial charge in [0.15, 0.2) is 0 Å². The molecule has 1 aromatic heterocycles. The molecule has 3 rings (SSSR count). The number of benzene rings is 1. The molecule has 110 valence electrons. The predicted octanol–water partition coefficient (Wildman–Crippen LogP) is 0.263. The number of para-hydroxylation sites is 2. The first-order valence-corrected chi connectivity index (χ1v) is 6.74. The van der Waals surface area contributed by atoms with Gasteiger partial charge >= 0.3 is 11.7 Å². The average Bonchev–Trinajstić information content (AvgIpc) is 3.05. The fourth-order valence-corrected chi connectivity index (χ4v) is 2.69. The van der Waals surface area contributed by atoms with E-state index < -0.39 is 11.9 Å². The van der Waals surface area contributed by atoms with Gasteiger partial charge in [-0.2, -0.15) is 0 Å². The Kier molecular flexibility index (Phi) is 3.25. The molecule has 0 saturated carbocycles. The molecule has 7 nitrogen and oxygen atoms in total. The van der Waals surface area contributed by atoms with Gasteiger partial charge in [0.25, 0.3) is 0 Å². The molecule has 7 heteroatoms. The van der Waals surface area contributed by atoms with Crippen LogP contribution >= 0.6 is 0 Å². The molecule has 0 unspecified atom stereocenters. The summed E-state index contributed by atoms with van der Waals surface area (Å²) in [6, 6.07) is 7.15. The number of imidazole rings is 1. The molecule has 0 spiro atoms. The number of nitrogens with zero attached hydrogens (tertiary/aromatic N) is 2. The number of carboxylic acids is 1. The molecule has 0 bridgehead atoms. The van der Waals surface area contributed by atoms with Gasteiger partial charge in [0.1, 0.15) is 6.54 Å². The molecule has 1 amide bonds. The maximum Gasteiger partial charge on any atom is 0.326 e. The highest BCUT2D eigenvalue weighted by Gasteiger charge is 2.31. The third kappa shape index (κ3) is 2.42. The molecule has 1 aliphatic rings. The minimum Gasteiger partial charge on any atom is -0.481 e. The van der Waals surface area contributed by atoms with Crippen LogP contribution in [0, 0.1) is 5.92 Å². The number of carboxylic acid groups (broad SMARTS) is 1. The highest BCUT2D eigenvalue weighted by molar-refractivity contribution is 5.81. The summed E-state index contributed by atoms with van der Waals surface area (Å²) >= 11 is 0. The number of amides is 1. The van der Waals surface area contributed by atoms with Gasteiger partial charge in [0, 0.05) is 13.1 Å². The van der Waals surface area contributed by atoms with Crippen LogP contribution in [0.4, 0.5) is 0 Å². The van der Waals surface area contributed by atoms with Gasteiger partial charge in [-0.05, 0) is 18.6 Å². The van der Waals surface area contributed by atoms with Crippen LogP contribution in [0.25, 0.3) is 11.0 Å². The maximum absolute atomic E-state index is 12.2. The largest absolute Gasteiger partial charge is 0.481 e. The van der Waals surface area contributed by atoms with E-state index in [0.29, 0.717) is 24.0 Å². The van der Waals surface area contributed by atoms with E-state index in [2.05, 4.69) is 4.98 Å². The van der Waals surface area contributed by atoms with Crippen LogP contribution in [0.5, 0.6) is 0 Å².